The minimum absolute atomic E-state index is 0.355. The largest absolute Gasteiger partial charge is 0.493 e. The Balaban J connectivity index is 2.01. The van der Waals surface area contributed by atoms with E-state index < -0.39 is 0 Å². The molecule has 0 saturated carbocycles. The molecule has 2 heterocycles. The molecule has 20 heavy (non-hydrogen) atoms. The molecule has 0 aromatic heterocycles. The lowest BCUT2D eigenvalue weighted by Crippen LogP contribution is -2.51. The number of morpholine rings is 1. The van der Waals surface area contributed by atoms with Crippen LogP contribution in [0.2, 0.25) is 0 Å². The minimum Gasteiger partial charge on any atom is -0.493 e. The third-order valence-electron chi connectivity index (χ3n) is 4.30. The van der Waals surface area contributed by atoms with Gasteiger partial charge in [-0.25, -0.2) is 0 Å². The number of hydrogen-bond donors (Lipinski definition) is 0. The van der Waals surface area contributed by atoms with Gasteiger partial charge in [-0.15, -0.1) is 0 Å². The summed E-state index contributed by atoms with van der Waals surface area (Å²) < 4.78 is 16.6. The molecule has 3 rings (SSSR count). The van der Waals surface area contributed by atoms with Crippen LogP contribution < -0.4 is 9.47 Å². The summed E-state index contributed by atoms with van der Waals surface area (Å²) in [6.07, 6.45) is 3.28. The van der Waals surface area contributed by atoms with Gasteiger partial charge < -0.3 is 14.2 Å². The summed E-state index contributed by atoms with van der Waals surface area (Å²) in [4.78, 5) is 2.40. The number of rotatable bonds is 3. The van der Waals surface area contributed by atoms with Crippen molar-refractivity contribution >= 4 is 5.57 Å². The highest BCUT2D eigenvalue weighted by Gasteiger charge is 2.33. The monoisotopic (exact) mass is 275 g/mol. The Bertz CT molecular complexity index is 526. The zero-order valence-electron chi connectivity index (χ0n) is 12.3. The van der Waals surface area contributed by atoms with Gasteiger partial charge in [-0.2, -0.15) is 0 Å². The fourth-order valence-electron chi connectivity index (χ4n) is 3.09. The first kappa shape index (κ1) is 13.5. The van der Waals surface area contributed by atoms with E-state index in [0.717, 1.165) is 36.7 Å². The SMILES string of the molecule is COc1cccc(C2=CC3COCC(C2)N3C)c1OC. The molecule has 108 valence electrons. The van der Waals surface area contributed by atoms with Crippen molar-refractivity contribution in [3.8, 4) is 11.5 Å². The third-order valence-corrected chi connectivity index (χ3v) is 4.30. The van der Waals surface area contributed by atoms with Gasteiger partial charge >= 0.3 is 0 Å². The molecule has 1 fully saturated rings. The lowest BCUT2D eigenvalue weighted by atomic mass is 9.89. The van der Waals surface area contributed by atoms with Crippen LogP contribution in [0.25, 0.3) is 5.57 Å². The molecule has 2 aliphatic heterocycles. The van der Waals surface area contributed by atoms with Gasteiger partial charge in [0.2, 0.25) is 0 Å². The fraction of sp³-hybridized carbons (Fsp3) is 0.500. The normalized spacial score (nSPS) is 26.1. The first-order valence-corrected chi connectivity index (χ1v) is 6.96. The fourth-order valence-corrected chi connectivity index (χ4v) is 3.09. The number of likely N-dealkylation sites (N-methyl/N-ethyl adjacent to an activating group) is 1. The van der Waals surface area contributed by atoms with E-state index in [1.807, 2.05) is 12.1 Å². The lowest BCUT2D eigenvalue weighted by Gasteiger charge is -2.42. The van der Waals surface area contributed by atoms with Crippen molar-refractivity contribution in [1.82, 2.24) is 4.90 Å². The van der Waals surface area contributed by atoms with Gasteiger partial charge in [0, 0.05) is 11.6 Å². The van der Waals surface area contributed by atoms with Crippen LogP contribution in [0.4, 0.5) is 0 Å². The highest BCUT2D eigenvalue weighted by atomic mass is 16.5. The number of benzene rings is 1. The summed E-state index contributed by atoms with van der Waals surface area (Å²) in [6, 6.07) is 6.86. The number of ether oxygens (including phenoxy) is 3. The minimum atomic E-state index is 0.355. The highest BCUT2D eigenvalue weighted by molar-refractivity contribution is 5.74. The summed E-state index contributed by atoms with van der Waals surface area (Å²) >= 11 is 0. The molecule has 0 aliphatic carbocycles. The Morgan fingerprint density at radius 1 is 1.20 bits per heavy atom. The average Bonchev–Trinajstić information content (AvgIpc) is 2.46. The Morgan fingerprint density at radius 2 is 2.05 bits per heavy atom. The molecule has 0 amide bonds. The second kappa shape index (κ2) is 5.46. The van der Waals surface area contributed by atoms with Crippen LogP contribution in [-0.4, -0.2) is 51.5 Å². The second-order valence-corrected chi connectivity index (χ2v) is 5.36. The molecule has 0 spiro atoms. The van der Waals surface area contributed by atoms with Crippen LogP contribution in [0.1, 0.15) is 12.0 Å². The first-order chi connectivity index (χ1) is 9.74. The summed E-state index contributed by atoms with van der Waals surface area (Å²) in [5.74, 6) is 1.61. The van der Waals surface area contributed by atoms with Crippen molar-refractivity contribution in [2.45, 2.75) is 18.5 Å². The van der Waals surface area contributed by atoms with E-state index in [9.17, 15) is 0 Å². The van der Waals surface area contributed by atoms with Gasteiger partial charge in [-0.1, -0.05) is 18.2 Å². The molecule has 2 unspecified atom stereocenters. The zero-order valence-corrected chi connectivity index (χ0v) is 12.3. The van der Waals surface area contributed by atoms with Gasteiger partial charge in [0.1, 0.15) is 0 Å². The van der Waals surface area contributed by atoms with Gasteiger partial charge in [-0.3, -0.25) is 4.90 Å². The maximum absolute atomic E-state index is 5.65. The van der Waals surface area contributed by atoms with Crippen molar-refractivity contribution in [3.63, 3.8) is 0 Å². The van der Waals surface area contributed by atoms with Crippen LogP contribution in [0.15, 0.2) is 24.3 Å². The second-order valence-electron chi connectivity index (χ2n) is 5.36. The van der Waals surface area contributed by atoms with E-state index in [1.54, 1.807) is 14.2 Å². The average molecular weight is 275 g/mol. The molecule has 1 aromatic rings. The summed E-state index contributed by atoms with van der Waals surface area (Å²) in [7, 11) is 5.54. The molecule has 4 heteroatoms. The summed E-state index contributed by atoms with van der Waals surface area (Å²) in [6.45, 7) is 1.57. The van der Waals surface area contributed by atoms with Gasteiger partial charge in [0.05, 0.1) is 33.5 Å². The van der Waals surface area contributed by atoms with Crippen LogP contribution in [0.5, 0.6) is 11.5 Å². The molecule has 0 radical (unpaired) electrons. The van der Waals surface area contributed by atoms with Crippen molar-refractivity contribution in [2.24, 2.45) is 0 Å². The smallest absolute Gasteiger partial charge is 0.168 e. The molecule has 4 nitrogen and oxygen atoms in total. The number of methoxy groups -OCH3 is 2. The van der Waals surface area contributed by atoms with Crippen molar-refractivity contribution in [1.29, 1.82) is 0 Å². The number of para-hydroxylation sites is 1. The highest BCUT2D eigenvalue weighted by Crippen LogP contribution is 2.39. The maximum atomic E-state index is 5.65. The van der Waals surface area contributed by atoms with E-state index >= 15 is 0 Å². The van der Waals surface area contributed by atoms with Crippen LogP contribution >= 0.6 is 0 Å². The van der Waals surface area contributed by atoms with E-state index in [-0.39, 0.29) is 0 Å². The Kier molecular flexibility index (Phi) is 3.68. The third kappa shape index (κ3) is 2.19. The Labute approximate surface area is 119 Å². The maximum Gasteiger partial charge on any atom is 0.168 e. The molecule has 1 saturated heterocycles. The van der Waals surface area contributed by atoms with E-state index in [0.29, 0.717) is 12.1 Å². The lowest BCUT2D eigenvalue weighted by molar-refractivity contribution is -0.0221. The van der Waals surface area contributed by atoms with Crippen molar-refractivity contribution in [2.75, 3.05) is 34.5 Å². The van der Waals surface area contributed by atoms with E-state index in [1.165, 1.54) is 5.57 Å². The Hall–Kier alpha value is -1.52. The van der Waals surface area contributed by atoms with Gasteiger partial charge in [0.15, 0.2) is 11.5 Å². The topological polar surface area (TPSA) is 30.9 Å². The zero-order chi connectivity index (χ0) is 14.1. The summed E-state index contributed by atoms with van der Waals surface area (Å²) in [5.41, 5.74) is 2.47. The molecule has 2 atom stereocenters. The van der Waals surface area contributed by atoms with Gasteiger partial charge in [-0.05, 0) is 25.1 Å². The first-order valence-electron chi connectivity index (χ1n) is 6.96. The molecule has 2 aliphatic rings. The van der Waals surface area contributed by atoms with Crippen LogP contribution in [-0.2, 0) is 4.74 Å². The molecular weight excluding hydrogens is 254 g/mol. The number of nitrogens with zero attached hydrogens (tertiary/aromatic N) is 1. The van der Waals surface area contributed by atoms with Crippen LogP contribution in [0.3, 0.4) is 0 Å². The van der Waals surface area contributed by atoms with Crippen molar-refractivity contribution in [3.05, 3.63) is 29.8 Å². The standard InChI is InChI=1S/C16H21NO3/c1-17-12-7-11(8-13(17)10-20-9-12)14-5-4-6-15(18-2)16(14)19-3/h4-7,12-13H,8-10H2,1-3H3. The van der Waals surface area contributed by atoms with Gasteiger partial charge in [0.25, 0.3) is 0 Å². The van der Waals surface area contributed by atoms with E-state index in [4.69, 9.17) is 14.2 Å². The molecular formula is C16H21NO3. The Morgan fingerprint density at radius 3 is 2.75 bits per heavy atom. The molecule has 0 N–H and O–H groups in total. The quantitative estimate of drug-likeness (QED) is 0.846. The van der Waals surface area contributed by atoms with E-state index in [2.05, 4.69) is 24.1 Å². The predicted octanol–water partition coefficient (Wildman–Crippen LogP) is 2.19. The molecule has 2 bridgehead atoms. The van der Waals surface area contributed by atoms with Crippen molar-refractivity contribution < 1.29 is 14.2 Å². The predicted molar refractivity (Wildman–Crippen MR) is 78.3 cm³/mol. The number of hydrogen-bond acceptors (Lipinski definition) is 4. The van der Waals surface area contributed by atoms with Crippen LogP contribution in [0, 0.1) is 0 Å². The number of fused-ring (bicyclic) bond motifs is 2. The molecule has 1 aromatic carbocycles. The summed E-state index contributed by atoms with van der Waals surface area (Å²) in [5, 5.41) is 0.